The van der Waals surface area contributed by atoms with E-state index in [-0.39, 0.29) is 0 Å². The van der Waals surface area contributed by atoms with Gasteiger partial charge in [0.25, 0.3) is 0 Å². The Morgan fingerprint density at radius 3 is 2.67 bits per heavy atom. The molecule has 0 amide bonds. The van der Waals surface area contributed by atoms with Crippen molar-refractivity contribution in [1.82, 2.24) is 0 Å². The predicted molar refractivity (Wildman–Crippen MR) is 121 cm³/mol. The summed E-state index contributed by atoms with van der Waals surface area (Å²) in [5.41, 5.74) is 0.940. The van der Waals surface area contributed by atoms with Crippen LogP contribution in [0.25, 0.3) is 0 Å². The van der Waals surface area contributed by atoms with Crippen LogP contribution in [0.4, 0.5) is 5.69 Å². The van der Waals surface area contributed by atoms with Crippen LogP contribution >= 0.6 is 23.5 Å². The van der Waals surface area contributed by atoms with Crippen molar-refractivity contribution >= 4 is 34.3 Å². The maximum Gasteiger partial charge on any atom is 0.121 e. The van der Waals surface area contributed by atoms with Gasteiger partial charge in [0.2, 0.25) is 0 Å². The van der Waals surface area contributed by atoms with Gasteiger partial charge in [-0.1, -0.05) is 55.3 Å². The lowest BCUT2D eigenvalue weighted by molar-refractivity contribution is 0.391. The van der Waals surface area contributed by atoms with Crippen LogP contribution in [-0.4, -0.2) is 17.9 Å². The highest BCUT2D eigenvalue weighted by atomic mass is 32.2. The Labute approximate surface area is 171 Å². The minimum atomic E-state index is 0.828. The quantitative estimate of drug-likeness (QED) is 0.277. The minimum Gasteiger partial charge on any atom is -0.497 e. The Balaban J connectivity index is 1.69. The number of nitrogens with zero attached hydrogens (tertiary/aromatic N) is 1. The van der Waals surface area contributed by atoms with E-state index in [9.17, 15) is 0 Å². The Morgan fingerprint density at radius 1 is 1.07 bits per heavy atom. The SMILES string of the molecule is COc1cccc(N=C(C=CSc2ccccc2)SCC2CCCCC2)c1. The third-order valence-corrected chi connectivity index (χ3v) is 6.62. The third kappa shape index (κ3) is 7.11. The van der Waals surface area contributed by atoms with E-state index in [0.717, 1.165) is 28.2 Å². The van der Waals surface area contributed by atoms with Crippen LogP contribution in [0.15, 0.2) is 76.0 Å². The van der Waals surface area contributed by atoms with Gasteiger partial charge in [0, 0.05) is 16.7 Å². The molecule has 1 saturated carbocycles. The van der Waals surface area contributed by atoms with Crippen LogP contribution in [0.5, 0.6) is 5.75 Å². The normalized spacial score (nSPS) is 16.0. The molecule has 0 saturated heterocycles. The molecule has 1 aliphatic rings. The molecule has 0 bridgehead atoms. The summed E-state index contributed by atoms with van der Waals surface area (Å²) in [6.07, 6.45) is 9.04. The van der Waals surface area contributed by atoms with Gasteiger partial charge < -0.3 is 4.74 Å². The fraction of sp³-hybridized carbons (Fsp3) is 0.348. The molecule has 0 radical (unpaired) electrons. The summed E-state index contributed by atoms with van der Waals surface area (Å²) in [7, 11) is 1.69. The van der Waals surface area contributed by atoms with Crippen molar-refractivity contribution in [2.75, 3.05) is 12.9 Å². The van der Waals surface area contributed by atoms with Crippen molar-refractivity contribution in [3.05, 3.63) is 66.1 Å². The minimum absolute atomic E-state index is 0.828. The van der Waals surface area contributed by atoms with Gasteiger partial charge in [-0.2, -0.15) is 0 Å². The van der Waals surface area contributed by atoms with E-state index in [2.05, 4.69) is 35.7 Å². The first-order valence-corrected chi connectivity index (χ1v) is 11.4. The summed E-state index contributed by atoms with van der Waals surface area (Å²) in [6, 6.07) is 18.4. The smallest absolute Gasteiger partial charge is 0.121 e. The molecule has 0 spiro atoms. The highest BCUT2D eigenvalue weighted by Crippen LogP contribution is 2.29. The van der Waals surface area contributed by atoms with Crippen molar-refractivity contribution in [2.45, 2.75) is 37.0 Å². The van der Waals surface area contributed by atoms with Gasteiger partial charge in [-0.15, -0.1) is 11.8 Å². The third-order valence-electron chi connectivity index (χ3n) is 4.64. The molecular formula is C23H27NOS2. The second-order valence-corrected chi connectivity index (χ2v) is 8.72. The van der Waals surface area contributed by atoms with E-state index in [1.807, 2.05) is 42.1 Å². The molecule has 142 valence electrons. The number of thioether (sulfide) groups is 2. The van der Waals surface area contributed by atoms with Gasteiger partial charge >= 0.3 is 0 Å². The topological polar surface area (TPSA) is 21.6 Å². The number of ether oxygens (including phenoxy) is 1. The molecule has 1 aliphatic carbocycles. The number of rotatable bonds is 7. The summed E-state index contributed by atoms with van der Waals surface area (Å²) >= 11 is 3.61. The number of benzene rings is 2. The van der Waals surface area contributed by atoms with Crippen LogP contribution in [0.2, 0.25) is 0 Å². The van der Waals surface area contributed by atoms with Crippen LogP contribution in [-0.2, 0) is 0 Å². The standard InChI is InChI=1S/C23H27NOS2/c1-25-21-12-8-11-20(17-21)24-23(27-18-19-9-4-2-5-10-19)15-16-26-22-13-6-3-7-14-22/h3,6-8,11-17,19H,2,4-5,9-10,18H2,1H3. The fourth-order valence-corrected chi connectivity index (χ4v) is 4.98. The maximum atomic E-state index is 5.33. The summed E-state index contributed by atoms with van der Waals surface area (Å²) in [4.78, 5) is 6.12. The second-order valence-electron chi connectivity index (χ2n) is 6.70. The molecule has 1 fully saturated rings. The molecule has 0 unspecified atom stereocenters. The summed E-state index contributed by atoms with van der Waals surface area (Å²) in [6.45, 7) is 0. The van der Waals surface area contributed by atoms with Gasteiger partial charge in [-0.3, -0.25) is 0 Å². The molecular weight excluding hydrogens is 370 g/mol. The lowest BCUT2D eigenvalue weighted by Gasteiger charge is -2.20. The number of aliphatic imine (C=N–C) groups is 1. The largest absolute Gasteiger partial charge is 0.497 e. The fourth-order valence-electron chi connectivity index (χ4n) is 3.15. The van der Waals surface area contributed by atoms with E-state index >= 15 is 0 Å². The molecule has 2 aromatic carbocycles. The second kappa shape index (κ2) is 11.3. The van der Waals surface area contributed by atoms with Crippen molar-refractivity contribution in [1.29, 1.82) is 0 Å². The molecule has 0 N–H and O–H groups in total. The van der Waals surface area contributed by atoms with Crippen LogP contribution in [0.1, 0.15) is 32.1 Å². The predicted octanol–water partition coefficient (Wildman–Crippen LogP) is 7.34. The van der Waals surface area contributed by atoms with Crippen molar-refractivity contribution < 1.29 is 4.74 Å². The van der Waals surface area contributed by atoms with Crippen molar-refractivity contribution in [2.24, 2.45) is 10.9 Å². The zero-order valence-corrected chi connectivity index (χ0v) is 17.5. The molecule has 0 aromatic heterocycles. The van der Waals surface area contributed by atoms with Crippen molar-refractivity contribution in [3.63, 3.8) is 0 Å². The summed E-state index contributed by atoms with van der Waals surface area (Å²) < 4.78 is 5.33. The molecule has 2 nitrogen and oxygen atoms in total. The Morgan fingerprint density at radius 2 is 1.89 bits per heavy atom. The molecule has 0 heterocycles. The lowest BCUT2D eigenvalue weighted by Crippen LogP contribution is -2.09. The van der Waals surface area contributed by atoms with Gasteiger partial charge in [-0.05, 0) is 54.5 Å². The average Bonchev–Trinajstić information content (AvgIpc) is 2.73. The first-order chi connectivity index (χ1) is 13.3. The molecule has 3 rings (SSSR count). The Bertz CT molecular complexity index is 752. The highest BCUT2D eigenvalue weighted by Gasteiger charge is 2.14. The highest BCUT2D eigenvalue weighted by molar-refractivity contribution is 8.14. The van der Waals surface area contributed by atoms with Gasteiger partial charge in [0.15, 0.2) is 0 Å². The maximum absolute atomic E-state index is 5.33. The van der Waals surface area contributed by atoms with Crippen LogP contribution in [0, 0.1) is 5.92 Å². The van der Waals surface area contributed by atoms with E-state index in [1.54, 1.807) is 18.9 Å². The van der Waals surface area contributed by atoms with E-state index in [4.69, 9.17) is 9.73 Å². The van der Waals surface area contributed by atoms with Gasteiger partial charge in [-0.25, -0.2) is 4.99 Å². The molecule has 27 heavy (non-hydrogen) atoms. The first kappa shape index (κ1) is 20.1. The first-order valence-electron chi connectivity index (χ1n) is 9.57. The van der Waals surface area contributed by atoms with Crippen LogP contribution in [0.3, 0.4) is 0 Å². The van der Waals surface area contributed by atoms with Crippen molar-refractivity contribution in [3.8, 4) is 5.75 Å². The Kier molecular flexibility index (Phi) is 8.37. The molecule has 4 heteroatoms. The summed E-state index contributed by atoms with van der Waals surface area (Å²) in [5.74, 6) is 2.83. The molecule has 0 aliphatic heterocycles. The molecule has 0 atom stereocenters. The van der Waals surface area contributed by atoms with E-state index < -0.39 is 0 Å². The number of hydrogen-bond donors (Lipinski definition) is 0. The van der Waals surface area contributed by atoms with E-state index in [0.29, 0.717) is 0 Å². The zero-order chi connectivity index (χ0) is 18.7. The zero-order valence-electron chi connectivity index (χ0n) is 15.8. The number of hydrogen-bond acceptors (Lipinski definition) is 4. The van der Waals surface area contributed by atoms with E-state index in [1.165, 1.54) is 37.0 Å². The monoisotopic (exact) mass is 397 g/mol. The average molecular weight is 398 g/mol. The number of methoxy groups -OCH3 is 1. The Hall–Kier alpha value is -1.65. The summed E-state index contributed by atoms with van der Waals surface area (Å²) in [5, 5.41) is 3.21. The van der Waals surface area contributed by atoms with Crippen LogP contribution < -0.4 is 4.74 Å². The van der Waals surface area contributed by atoms with Gasteiger partial charge in [0.05, 0.1) is 17.8 Å². The molecule has 2 aromatic rings. The lowest BCUT2D eigenvalue weighted by atomic mass is 9.91. The van der Waals surface area contributed by atoms with Gasteiger partial charge in [0.1, 0.15) is 5.75 Å².